The van der Waals surface area contributed by atoms with Gasteiger partial charge in [0.1, 0.15) is 0 Å². The highest BCUT2D eigenvalue weighted by molar-refractivity contribution is 7.15. The molecule has 0 saturated carbocycles. The van der Waals surface area contributed by atoms with Crippen LogP contribution >= 0.6 is 11.3 Å². The van der Waals surface area contributed by atoms with Crippen molar-refractivity contribution >= 4 is 28.3 Å². The van der Waals surface area contributed by atoms with E-state index in [2.05, 4.69) is 15.5 Å². The number of carbonyl (C=O) groups excluding carboxylic acids is 1. The lowest BCUT2D eigenvalue weighted by molar-refractivity contribution is 0.0688. The van der Waals surface area contributed by atoms with E-state index in [4.69, 9.17) is 14.0 Å². The molecule has 0 aromatic carbocycles. The zero-order valence-corrected chi connectivity index (χ0v) is 16.5. The summed E-state index contributed by atoms with van der Waals surface area (Å²) >= 11 is 1.62. The fourth-order valence-corrected chi connectivity index (χ4v) is 3.52. The number of aryl methyl sites for hydroxylation is 2. The number of amides is 1. The summed E-state index contributed by atoms with van der Waals surface area (Å²) in [6.45, 7) is 6.06. The van der Waals surface area contributed by atoms with Gasteiger partial charge in [-0.05, 0) is 38.5 Å². The van der Waals surface area contributed by atoms with Gasteiger partial charge in [0.05, 0.1) is 40.4 Å². The molecule has 3 aromatic rings. The first kappa shape index (κ1) is 19.5. The Kier molecular flexibility index (Phi) is 6.54. The number of hydrogen-bond donors (Lipinski definition) is 1. The number of pyridine rings is 1. The lowest BCUT2D eigenvalue weighted by Crippen LogP contribution is -2.25. The molecule has 0 atom stereocenters. The fraction of sp³-hybridized carbons (Fsp3) is 0.421. The maximum Gasteiger partial charge on any atom is 0.259 e. The monoisotopic (exact) mass is 389 g/mol. The van der Waals surface area contributed by atoms with Crippen molar-refractivity contribution in [2.45, 2.75) is 20.3 Å². The Morgan fingerprint density at radius 2 is 2.11 bits per heavy atom. The van der Waals surface area contributed by atoms with Crippen LogP contribution < -0.4 is 5.32 Å². The van der Waals surface area contributed by atoms with Gasteiger partial charge in [0, 0.05) is 25.1 Å². The summed E-state index contributed by atoms with van der Waals surface area (Å²) in [6, 6.07) is 5.83. The first-order chi connectivity index (χ1) is 13.1. The van der Waals surface area contributed by atoms with Gasteiger partial charge in [0.2, 0.25) is 0 Å². The van der Waals surface area contributed by atoms with Crippen molar-refractivity contribution in [2.24, 2.45) is 0 Å². The highest BCUT2D eigenvalue weighted by Crippen LogP contribution is 2.30. The van der Waals surface area contributed by atoms with Gasteiger partial charge in [-0.15, -0.1) is 11.3 Å². The van der Waals surface area contributed by atoms with Crippen molar-refractivity contribution in [2.75, 3.05) is 33.5 Å². The Morgan fingerprint density at radius 3 is 2.85 bits per heavy atom. The third kappa shape index (κ3) is 4.71. The number of nitrogens with zero attached hydrogens (tertiary/aromatic N) is 2. The van der Waals surface area contributed by atoms with Crippen LogP contribution in [0.25, 0.3) is 21.7 Å². The Morgan fingerprint density at radius 1 is 1.26 bits per heavy atom. The molecule has 0 aliphatic rings. The molecule has 0 bridgehead atoms. The van der Waals surface area contributed by atoms with Crippen LogP contribution in [0.4, 0.5) is 0 Å². The van der Waals surface area contributed by atoms with Crippen molar-refractivity contribution in [3.8, 4) is 10.6 Å². The van der Waals surface area contributed by atoms with Crippen molar-refractivity contribution in [1.29, 1.82) is 0 Å². The number of ether oxygens (including phenoxy) is 2. The smallest absolute Gasteiger partial charge is 0.259 e. The third-order valence-electron chi connectivity index (χ3n) is 4.04. The SMILES string of the molecule is COCCOCCCNC(=O)c1cc(-c2ccc(C)s2)nc2onc(C)c12. The lowest BCUT2D eigenvalue weighted by Gasteiger charge is -2.08. The van der Waals surface area contributed by atoms with Crippen LogP contribution in [0.15, 0.2) is 22.7 Å². The molecule has 0 aliphatic heterocycles. The number of hydrogen-bond acceptors (Lipinski definition) is 7. The van der Waals surface area contributed by atoms with E-state index in [0.717, 1.165) is 11.3 Å². The van der Waals surface area contributed by atoms with Gasteiger partial charge in [-0.25, -0.2) is 4.98 Å². The number of nitrogens with one attached hydrogen (secondary N) is 1. The summed E-state index contributed by atoms with van der Waals surface area (Å²) in [4.78, 5) is 19.5. The molecule has 0 fully saturated rings. The minimum Gasteiger partial charge on any atom is -0.382 e. The van der Waals surface area contributed by atoms with E-state index in [9.17, 15) is 4.79 Å². The second-order valence-corrected chi connectivity index (χ2v) is 7.42. The molecule has 0 spiro atoms. The summed E-state index contributed by atoms with van der Waals surface area (Å²) in [7, 11) is 1.64. The van der Waals surface area contributed by atoms with E-state index >= 15 is 0 Å². The Hall–Kier alpha value is -2.29. The van der Waals surface area contributed by atoms with Crippen molar-refractivity contribution in [3.63, 3.8) is 0 Å². The quantitative estimate of drug-likeness (QED) is 0.565. The molecule has 3 aromatic heterocycles. The molecular weight excluding hydrogens is 366 g/mol. The van der Waals surface area contributed by atoms with Gasteiger partial charge in [-0.3, -0.25) is 4.79 Å². The van der Waals surface area contributed by atoms with Crippen LogP contribution in [0, 0.1) is 13.8 Å². The zero-order valence-electron chi connectivity index (χ0n) is 15.7. The van der Waals surface area contributed by atoms with Crippen molar-refractivity contribution in [1.82, 2.24) is 15.5 Å². The van der Waals surface area contributed by atoms with Crippen LogP contribution in [0.3, 0.4) is 0 Å². The van der Waals surface area contributed by atoms with E-state index in [-0.39, 0.29) is 5.91 Å². The normalized spacial score (nSPS) is 11.2. The number of rotatable bonds is 9. The Balaban J connectivity index is 1.74. The molecule has 0 unspecified atom stereocenters. The molecule has 8 heteroatoms. The molecule has 1 amide bonds. The number of carbonyl (C=O) groups is 1. The number of aromatic nitrogens is 2. The predicted molar refractivity (Wildman–Crippen MR) is 104 cm³/mol. The van der Waals surface area contributed by atoms with Gasteiger partial charge in [0.25, 0.3) is 11.6 Å². The summed E-state index contributed by atoms with van der Waals surface area (Å²) in [5.74, 6) is -0.167. The van der Waals surface area contributed by atoms with E-state index in [0.29, 0.717) is 54.4 Å². The Bertz CT molecular complexity index is 919. The highest BCUT2D eigenvalue weighted by atomic mass is 32.1. The highest BCUT2D eigenvalue weighted by Gasteiger charge is 2.19. The molecule has 1 N–H and O–H groups in total. The van der Waals surface area contributed by atoms with Gasteiger partial charge < -0.3 is 19.3 Å². The van der Waals surface area contributed by atoms with Gasteiger partial charge in [0.15, 0.2) is 0 Å². The standard InChI is InChI=1S/C19H23N3O4S/c1-12-5-6-16(27-12)15-11-14(17-13(2)22-26-19(17)21-15)18(23)20-7-4-8-25-10-9-24-3/h5-6,11H,4,7-10H2,1-3H3,(H,20,23). The second-order valence-electron chi connectivity index (χ2n) is 6.13. The molecular formula is C19H23N3O4S. The maximum absolute atomic E-state index is 12.8. The summed E-state index contributed by atoms with van der Waals surface area (Å²) in [6.07, 6.45) is 0.725. The molecule has 0 radical (unpaired) electrons. The summed E-state index contributed by atoms with van der Waals surface area (Å²) in [5.41, 5.74) is 2.27. The average Bonchev–Trinajstić information content (AvgIpc) is 3.26. The minimum absolute atomic E-state index is 0.167. The first-order valence-corrected chi connectivity index (χ1v) is 9.60. The fourth-order valence-electron chi connectivity index (χ4n) is 2.69. The number of fused-ring (bicyclic) bond motifs is 1. The van der Waals surface area contributed by atoms with E-state index in [1.807, 2.05) is 32.0 Å². The topological polar surface area (TPSA) is 86.5 Å². The summed E-state index contributed by atoms with van der Waals surface area (Å²) in [5, 5.41) is 7.56. The van der Waals surface area contributed by atoms with Crippen LogP contribution in [0.1, 0.15) is 27.3 Å². The van der Waals surface area contributed by atoms with Gasteiger partial charge in [-0.2, -0.15) is 0 Å². The summed E-state index contributed by atoms with van der Waals surface area (Å²) < 4.78 is 15.7. The van der Waals surface area contributed by atoms with Crippen LogP contribution in [0.2, 0.25) is 0 Å². The lowest BCUT2D eigenvalue weighted by atomic mass is 10.1. The van der Waals surface area contributed by atoms with Crippen molar-refractivity contribution in [3.05, 3.63) is 34.3 Å². The maximum atomic E-state index is 12.8. The van der Waals surface area contributed by atoms with E-state index < -0.39 is 0 Å². The Labute approximate surface area is 161 Å². The largest absolute Gasteiger partial charge is 0.382 e. The van der Waals surface area contributed by atoms with Crippen LogP contribution in [-0.2, 0) is 9.47 Å². The molecule has 144 valence electrons. The van der Waals surface area contributed by atoms with Gasteiger partial charge in [-0.1, -0.05) is 5.16 Å². The average molecular weight is 389 g/mol. The molecule has 0 saturated heterocycles. The first-order valence-electron chi connectivity index (χ1n) is 8.79. The minimum atomic E-state index is -0.167. The second kappa shape index (κ2) is 9.07. The van der Waals surface area contributed by atoms with Gasteiger partial charge >= 0.3 is 0 Å². The van der Waals surface area contributed by atoms with Crippen LogP contribution in [-0.4, -0.2) is 49.5 Å². The molecule has 7 nitrogen and oxygen atoms in total. The predicted octanol–water partition coefficient (Wildman–Crippen LogP) is 3.35. The van der Waals surface area contributed by atoms with Crippen LogP contribution in [0.5, 0.6) is 0 Å². The van der Waals surface area contributed by atoms with Crippen molar-refractivity contribution < 1.29 is 18.8 Å². The van der Waals surface area contributed by atoms with E-state index in [1.54, 1.807) is 18.4 Å². The molecule has 3 heterocycles. The number of thiophene rings is 1. The molecule has 3 rings (SSSR count). The number of methoxy groups -OCH3 is 1. The molecule has 0 aliphatic carbocycles. The third-order valence-corrected chi connectivity index (χ3v) is 5.06. The molecule has 27 heavy (non-hydrogen) atoms. The van der Waals surface area contributed by atoms with E-state index in [1.165, 1.54) is 4.88 Å². The zero-order chi connectivity index (χ0) is 19.2.